The van der Waals surface area contributed by atoms with Gasteiger partial charge >= 0.3 is 0 Å². The van der Waals surface area contributed by atoms with Crippen LogP contribution in [0.4, 0.5) is 5.69 Å². The first-order valence-electron chi connectivity index (χ1n) is 9.24. The summed E-state index contributed by atoms with van der Waals surface area (Å²) < 4.78 is 12.9. The first-order chi connectivity index (χ1) is 14.5. The molecule has 6 nitrogen and oxygen atoms in total. The summed E-state index contributed by atoms with van der Waals surface area (Å²) in [5.74, 6) is 0.928. The number of benzene rings is 2. The van der Waals surface area contributed by atoms with E-state index >= 15 is 0 Å². The molecule has 0 unspecified atom stereocenters. The third kappa shape index (κ3) is 3.76. The van der Waals surface area contributed by atoms with Gasteiger partial charge in [-0.25, -0.2) is 0 Å². The van der Waals surface area contributed by atoms with Crippen molar-refractivity contribution in [3.8, 4) is 23.3 Å². The largest absolute Gasteiger partial charge is 0.454 e. The molecular formula is C23H18ClN3O3. The zero-order chi connectivity index (χ0) is 21.3. The minimum atomic E-state index is -0.479. The summed E-state index contributed by atoms with van der Waals surface area (Å²) >= 11 is 5.87. The van der Waals surface area contributed by atoms with Crippen molar-refractivity contribution in [2.75, 3.05) is 12.1 Å². The molecule has 0 spiro atoms. The Balaban J connectivity index is 1.64. The Bertz CT molecular complexity index is 1200. The number of amides is 1. The lowest BCUT2D eigenvalue weighted by molar-refractivity contribution is -0.112. The molecule has 0 saturated heterocycles. The molecular weight excluding hydrogens is 402 g/mol. The molecule has 0 atom stereocenters. The van der Waals surface area contributed by atoms with E-state index in [0.29, 0.717) is 22.2 Å². The summed E-state index contributed by atoms with van der Waals surface area (Å²) in [5, 5.41) is 12.8. The number of ether oxygens (including phenoxy) is 2. The van der Waals surface area contributed by atoms with Crippen molar-refractivity contribution in [1.82, 2.24) is 4.57 Å². The Morgan fingerprint density at radius 2 is 1.87 bits per heavy atom. The van der Waals surface area contributed by atoms with E-state index in [1.165, 1.54) is 0 Å². The fraction of sp³-hybridized carbons (Fsp3) is 0.130. The number of nitrogens with one attached hydrogen (secondary N) is 1. The highest BCUT2D eigenvalue weighted by Crippen LogP contribution is 2.35. The number of halogens is 1. The number of aromatic nitrogens is 1. The van der Waals surface area contributed by atoms with Crippen molar-refractivity contribution in [3.05, 3.63) is 76.1 Å². The molecule has 1 aliphatic heterocycles. The van der Waals surface area contributed by atoms with Crippen LogP contribution in [0.25, 0.3) is 11.8 Å². The van der Waals surface area contributed by atoms with Gasteiger partial charge in [-0.05, 0) is 68.0 Å². The lowest BCUT2D eigenvalue weighted by Gasteiger charge is -2.10. The van der Waals surface area contributed by atoms with Crippen LogP contribution in [0.15, 0.2) is 54.1 Å². The number of rotatable bonds is 4. The molecule has 3 aromatic rings. The Morgan fingerprint density at radius 3 is 2.60 bits per heavy atom. The molecule has 0 fully saturated rings. The highest BCUT2D eigenvalue weighted by molar-refractivity contribution is 6.30. The maximum atomic E-state index is 12.6. The summed E-state index contributed by atoms with van der Waals surface area (Å²) in [6.45, 7) is 4.12. The van der Waals surface area contributed by atoms with Gasteiger partial charge < -0.3 is 19.4 Å². The fourth-order valence-corrected chi connectivity index (χ4v) is 3.52. The zero-order valence-corrected chi connectivity index (χ0v) is 17.2. The number of hydrogen-bond donors (Lipinski definition) is 1. The third-order valence-electron chi connectivity index (χ3n) is 4.85. The van der Waals surface area contributed by atoms with Crippen LogP contribution in [0, 0.1) is 25.2 Å². The molecule has 2 heterocycles. The molecule has 4 rings (SSSR count). The van der Waals surface area contributed by atoms with E-state index in [1.54, 1.807) is 30.3 Å². The minimum absolute atomic E-state index is 0.0101. The molecule has 0 radical (unpaired) electrons. The van der Waals surface area contributed by atoms with E-state index in [-0.39, 0.29) is 12.4 Å². The number of nitrogens with zero attached hydrogens (tertiary/aromatic N) is 2. The Kier molecular flexibility index (Phi) is 5.21. The van der Waals surface area contributed by atoms with E-state index in [2.05, 4.69) is 5.32 Å². The van der Waals surface area contributed by atoms with Gasteiger partial charge in [0, 0.05) is 33.9 Å². The number of hydrogen-bond acceptors (Lipinski definition) is 4. The molecule has 2 aromatic carbocycles. The highest BCUT2D eigenvalue weighted by Gasteiger charge is 2.17. The first kappa shape index (κ1) is 19.6. The van der Waals surface area contributed by atoms with E-state index in [4.69, 9.17) is 21.1 Å². The second-order valence-electron chi connectivity index (χ2n) is 6.83. The quantitative estimate of drug-likeness (QED) is 0.475. The summed E-state index contributed by atoms with van der Waals surface area (Å²) in [6.07, 6.45) is 1.59. The summed E-state index contributed by atoms with van der Waals surface area (Å²) in [5.41, 5.74) is 4.14. The van der Waals surface area contributed by atoms with E-state index in [9.17, 15) is 10.1 Å². The first-order valence-corrected chi connectivity index (χ1v) is 9.62. The Morgan fingerprint density at radius 1 is 1.13 bits per heavy atom. The predicted octanol–water partition coefficient (Wildman–Crippen LogP) is 5.02. The molecule has 1 aliphatic rings. The van der Waals surface area contributed by atoms with Crippen molar-refractivity contribution in [3.63, 3.8) is 0 Å². The second-order valence-corrected chi connectivity index (χ2v) is 7.27. The van der Waals surface area contributed by atoms with E-state index in [1.807, 2.05) is 48.7 Å². The highest BCUT2D eigenvalue weighted by atomic mass is 35.5. The fourth-order valence-electron chi connectivity index (χ4n) is 3.39. The molecule has 30 heavy (non-hydrogen) atoms. The van der Waals surface area contributed by atoms with Crippen molar-refractivity contribution in [2.45, 2.75) is 13.8 Å². The Labute approximate surface area is 178 Å². The Hall–Kier alpha value is -3.69. The van der Waals surface area contributed by atoms with Crippen LogP contribution in [0.2, 0.25) is 5.02 Å². The summed E-state index contributed by atoms with van der Waals surface area (Å²) in [4.78, 5) is 12.6. The number of aryl methyl sites for hydroxylation is 1. The average molecular weight is 420 g/mol. The topological polar surface area (TPSA) is 76.3 Å². The van der Waals surface area contributed by atoms with Crippen molar-refractivity contribution in [2.24, 2.45) is 0 Å². The van der Waals surface area contributed by atoms with Gasteiger partial charge in [-0.2, -0.15) is 5.26 Å². The standard InChI is InChI=1S/C23H18ClN3O3/c1-14-9-16(10-17(12-25)23(28)26-19-5-3-18(24)4-6-19)15(2)27(14)20-7-8-21-22(11-20)30-13-29-21/h3-11H,13H2,1-2H3,(H,26,28)/b17-10+. The van der Waals surface area contributed by atoms with Gasteiger partial charge in [0.2, 0.25) is 6.79 Å². The minimum Gasteiger partial charge on any atom is -0.454 e. The van der Waals surface area contributed by atoms with Gasteiger partial charge in [0.15, 0.2) is 11.5 Å². The van der Waals surface area contributed by atoms with Gasteiger partial charge in [0.1, 0.15) is 11.6 Å². The second kappa shape index (κ2) is 7.97. The predicted molar refractivity (Wildman–Crippen MR) is 115 cm³/mol. The maximum Gasteiger partial charge on any atom is 0.266 e. The van der Waals surface area contributed by atoms with Crippen LogP contribution in [0.5, 0.6) is 11.5 Å². The van der Waals surface area contributed by atoms with Gasteiger partial charge in [0.05, 0.1) is 0 Å². The molecule has 0 aliphatic carbocycles. The number of carbonyl (C=O) groups excluding carboxylic acids is 1. The number of anilines is 1. The van der Waals surface area contributed by atoms with Gasteiger partial charge in [-0.3, -0.25) is 4.79 Å². The monoisotopic (exact) mass is 419 g/mol. The molecule has 1 aromatic heterocycles. The third-order valence-corrected chi connectivity index (χ3v) is 5.10. The molecule has 0 saturated carbocycles. The average Bonchev–Trinajstić information content (AvgIpc) is 3.31. The van der Waals surface area contributed by atoms with Crippen molar-refractivity contribution in [1.29, 1.82) is 5.26 Å². The lowest BCUT2D eigenvalue weighted by Crippen LogP contribution is -2.13. The van der Waals surface area contributed by atoms with E-state index < -0.39 is 5.91 Å². The SMILES string of the molecule is Cc1cc(/C=C(\C#N)C(=O)Nc2ccc(Cl)cc2)c(C)n1-c1ccc2c(c1)OCO2. The van der Waals surface area contributed by atoms with Crippen LogP contribution in [-0.4, -0.2) is 17.3 Å². The van der Waals surface area contributed by atoms with Crippen molar-refractivity contribution < 1.29 is 14.3 Å². The maximum absolute atomic E-state index is 12.6. The smallest absolute Gasteiger partial charge is 0.266 e. The molecule has 150 valence electrons. The van der Waals surface area contributed by atoms with Crippen LogP contribution in [-0.2, 0) is 4.79 Å². The van der Waals surface area contributed by atoms with Gasteiger partial charge in [-0.1, -0.05) is 11.6 Å². The van der Waals surface area contributed by atoms with Gasteiger partial charge in [0.25, 0.3) is 5.91 Å². The summed E-state index contributed by atoms with van der Waals surface area (Å²) in [6, 6.07) is 16.4. The number of fused-ring (bicyclic) bond motifs is 1. The number of carbonyl (C=O) groups is 1. The molecule has 1 N–H and O–H groups in total. The van der Waals surface area contributed by atoms with Crippen LogP contribution in [0.1, 0.15) is 17.0 Å². The van der Waals surface area contributed by atoms with Crippen LogP contribution >= 0.6 is 11.6 Å². The van der Waals surface area contributed by atoms with Crippen LogP contribution in [0.3, 0.4) is 0 Å². The van der Waals surface area contributed by atoms with Crippen LogP contribution < -0.4 is 14.8 Å². The van der Waals surface area contributed by atoms with Crippen molar-refractivity contribution >= 4 is 29.3 Å². The zero-order valence-electron chi connectivity index (χ0n) is 16.4. The van der Waals surface area contributed by atoms with E-state index in [0.717, 1.165) is 22.6 Å². The lowest BCUT2D eigenvalue weighted by atomic mass is 10.1. The summed E-state index contributed by atoms with van der Waals surface area (Å²) in [7, 11) is 0. The van der Waals surface area contributed by atoms with Gasteiger partial charge in [-0.15, -0.1) is 0 Å². The number of nitriles is 1. The normalized spacial score (nSPS) is 12.5. The molecule has 7 heteroatoms. The molecule has 0 bridgehead atoms. The molecule has 1 amide bonds.